The van der Waals surface area contributed by atoms with Crippen LogP contribution in [0.25, 0.3) is 22.2 Å². The number of para-hydroxylation sites is 1. The van der Waals surface area contributed by atoms with Crippen LogP contribution in [0, 0.1) is 13.8 Å². The van der Waals surface area contributed by atoms with E-state index in [-0.39, 0.29) is 19.0 Å². The van der Waals surface area contributed by atoms with E-state index in [9.17, 15) is 14.7 Å². The molecule has 214 valence electrons. The van der Waals surface area contributed by atoms with Gasteiger partial charge in [-0.2, -0.15) is 0 Å². The lowest BCUT2D eigenvalue weighted by Crippen LogP contribution is -2.64. The Kier molecular flexibility index (Phi) is 6.71. The second kappa shape index (κ2) is 10.4. The summed E-state index contributed by atoms with van der Waals surface area (Å²) < 4.78 is 16.5. The second-order valence-corrected chi connectivity index (χ2v) is 10.2. The first-order valence-electron chi connectivity index (χ1n) is 13.3. The van der Waals surface area contributed by atoms with Gasteiger partial charge in [0.05, 0.1) is 41.2 Å². The number of aryl methyl sites for hydroxylation is 2. The molecule has 12 nitrogen and oxygen atoms in total. The Morgan fingerprint density at radius 2 is 1.83 bits per heavy atom. The van der Waals surface area contributed by atoms with E-state index in [0.29, 0.717) is 45.3 Å². The Bertz CT molecular complexity index is 1780. The van der Waals surface area contributed by atoms with Crippen LogP contribution in [0.5, 0.6) is 0 Å². The molecule has 3 aromatic heterocycles. The lowest BCUT2D eigenvalue weighted by atomic mass is 9.93. The van der Waals surface area contributed by atoms with E-state index in [1.54, 1.807) is 73.7 Å². The number of hydrogen-bond acceptors (Lipinski definition) is 10. The molecule has 2 aromatic carbocycles. The molecule has 1 aliphatic rings. The SMILES string of the molecule is Cc1noc(C)c1-c1cccc(N2CCO[C@](C)([C@@H](O)C(=O)N(c3ccccc3)c3ccc4c(N)noc4c3)C2=O)n1. The van der Waals surface area contributed by atoms with Gasteiger partial charge >= 0.3 is 0 Å². The highest BCUT2D eigenvalue weighted by molar-refractivity contribution is 6.10. The van der Waals surface area contributed by atoms with Crippen molar-refractivity contribution in [3.63, 3.8) is 0 Å². The molecule has 0 spiro atoms. The van der Waals surface area contributed by atoms with Gasteiger partial charge < -0.3 is 24.6 Å². The number of hydrogen-bond donors (Lipinski definition) is 2. The Labute approximate surface area is 240 Å². The number of carbonyl (C=O) groups excluding carboxylic acids is 2. The van der Waals surface area contributed by atoms with Crippen molar-refractivity contribution in [1.29, 1.82) is 0 Å². The van der Waals surface area contributed by atoms with Crippen molar-refractivity contribution in [2.45, 2.75) is 32.5 Å². The van der Waals surface area contributed by atoms with Gasteiger partial charge in [-0.3, -0.25) is 19.4 Å². The number of pyridine rings is 1. The molecule has 1 fully saturated rings. The molecule has 0 saturated carbocycles. The molecule has 3 N–H and O–H groups in total. The lowest BCUT2D eigenvalue weighted by Gasteiger charge is -2.42. The van der Waals surface area contributed by atoms with Gasteiger partial charge in [-0.15, -0.1) is 0 Å². The number of nitrogen functional groups attached to an aromatic ring is 1. The highest BCUT2D eigenvalue weighted by Crippen LogP contribution is 2.35. The number of morpholine rings is 1. The second-order valence-electron chi connectivity index (χ2n) is 10.2. The predicted octanol–water partition coefficient (Wildman–Crippen LogP) is 3.92. The van der Waals surface area contributed by atoms with Crippen LogP contribution >= 0.6 is 0 Å². The number of nitrogens with zero attached hydrogens (tertiary/aromatic N) is 5. The third kappa shape index (κ3) is 4.46. The molecule has 2 atom stereocenters. The number of aromatic nitrogens is 3. The maximum absolute atomic E-state index is 14.1. The molecule has 0 radical (unpaired) electrons. The summed E-state index contributed by atoms with van der Waals surface area (Å²) in [5.41, 5.74) is 7.15. The van der Waals surface area contributed by atoms with Crippen LogP contribution in [-0.2, 0) is 14.3 Å². The Hall–Kier alpha value is -5.07. The normalized spacial score (nSPS) is 17.9. The highest BCUT2D eigenvalue weighted by atomic mass is 16.5. The van der Waals surface area contributed by atoms with Crippen molar-refractivity contribution in [1.82, 2.24) is 15.3 Å². The van der Waals surface area contributed by atoms with Gasteiger partial charge in [0.2, 0.25) is 0 Å². The van der Waals surface area contributed by atoms with Crippen LogP contribution in [0.4, 0.5) is 23.0 Å². The van der Waals surface area contributed by atoms with Crippen LogP contribution < -0.4 is 15.5 Å². The first-order valence-corrected chi connectivity index (χ1v) is 13.3. The van der Waals surface area contributed by atoms with Crippen molar-refractivity contribution in [2.75, 3.05) is 28.7 Å². The molecule has 4 heterocycles. The maximum Gasteiger partial charge on any atom is 0.263 e. The number of aliphatic hydroxyl groups excluding tert-OH is 1. The lowest BCUT2D eigenvalue weighted by molar-refractivity contribution is -0.171. The molecular formula is C30H28N6O6. The zero-order valence-electron chi connectivity index (χ0n) is 23.1. The quantitative estimate of drug-likeness (QED) is 0.307. The monoisotopic (exact) mass is 568 g/mol. The average molecular weight is 569 g/mol. The van der Waals surface area contributed by atoms with Crippen LogP contribution in [0.15, 0.2) is 75.8 Å². The summed E-state index contributed by atoms with van der Waals surface area (Å²) in [6, 6.07) is 19.0. The first kappa shape index (κ1) is 27.1. The number of benzene rings is 2. The molecule has 0 bridgehead atoms. The van der Waals surface area contributed by atoms with Gasteiger partial charge in [0, 0.05) is 11.8 Å². The summed E-state index contributed by atoms with van der Waals surface area (Å²) in [4.78, 5) is 35.5. The summed E-state index contributed by atoms with van der Waals surface area (Å²) in [6.45, 7) is 5.26. The molecular weight excluding hydrogens is 540 g/mol. The minimum atomic E-state index is -1.91. The summed E-state index contributed by atoms with van der Waals surface area (Å²) in [7, 11) is 0. The summed E-state index contributed by atoms with van der Waals surface area (Å²) in [5.74, 6) is -0.217. The Balaban J connectivity index is 1.34. The number of rotatable bonds is 6. The van der Waals surface area contributed by atoms with Crippen LogP contribution in [0.1, 0.15) is 18.4 Å². The summed E-state index contributed by atoms with van der Waals surface area (Å²) >= 11 is 0. The number of amides is 2. The van der Waals surface area contributed by atoms with Crippen molar-refractivity contribution >= 4 is 45.8 Å². The zero-order chi connectivity index (χ0) is 29.6. The van der Waals surface area contributed by atoms with Gasteiger partial charge in [-0.05, 0) is 57.2 Å². The number of anilines is 4. The Morgan fingerprint density at radius 3 is 2.57 bits per heavy atom. The highest BCUT2D eigenvalue weighted by Gasteiger charge is 2.52. The summed E-state index contributed by atoms with van der Waals surface area (Å²) in [6.07, 6.45) is -1.88. The molecule has 1 saturated heterocycles. The smallest absolute Gasteiger partial charge is 0.263 e. The van der Waals surface area contributed by atoms with Crippen molar-refractivity contribution in [2.24, 2.45) is 0 Å². The number of carbonyl (C=O) groups is 2. The average Bonchev–Trinajstić information content (AvgIpc) is 3.54. The molecule has 12 heteroatoms. The largest absolute Gasteiger partial charge is 0.380 e. The van der Waals surface area contributed by atoms with Gasteiger partial charge in [0.15, 0.2) is 23.1 Å². The molecule has 42 heavy (non-hydrogen) atoms. The van der Waals surface area contributed by atoms with Crippen molar-refractivity contribution in [3.8, 4) is 11.3 Å². The predicted molar refractivity (Wildman–Crippen MR) is 154 cm³/mol. The van der Waals surface area contributed by atoms with Gasteiger partial charge in [0.25, 0.3) is 11.8 Å². The van der Waals surface area contributed by atoms with Crippen molar-refractivity contribution in [3.05, 3.63) is 78.2 Å². The standard InChI is InChI=1S/C30H28N6O6/c1-17-25(18(2)41-33-17)22-10-7-11-24(32-22)35-14-15-40-30(3,29(35)39)26(37)28(38)36(19-8-5-4-6-9-19)20-12-13-21-23(16-20)42-34-27(21)31/h4-13,16,26,37H,14-15H2,1-3H3,(H2,31,34)/t26-,30+/m0/s1. The minimum Gasteiger partial charge on any atom is -0.380 e. The van der Waals surface area contributed by atoms with E-state index in [1.165, 1.54) is 16.7 Å². The molecule has 6 rings (SSSR count). The number of fused-ring (bicyclic) bond motifs is 1. The first-order chi connectivity index (χ1) is 20.2. The van der Waals surface area contributed by atoms with Crippen LogP contribution in [0.3, 0.4) is 0 Å². The van der Waals surface area contributed by atoms with Crippen LogP contribution in [-0.4, -0.2) is 57.1 Å². The molecule has 5 aromatic rings. The van der Waals surface area contributed by atoms with E-state index in [4.69, 9.17) is 19.5 Å². The molecule has 0 unspecified atom stereocenters. The third-order valence-electron chi connectivity index (χ3n) is 7.42. The van der Waals surface area contributed by atoms with Gasteiger partial charge in [-0.25, -0.2) is 4.98 Å². The van der Waals surface area contributed by atoms with E-state index in [1.807, 2.05) is 6.92 Å². The molecule has 2 amide bonds. The van der Waals surface area contributed by atoms with Crippen LogP contribution in [0.2, 0.25) is 0 Å². The third-order valence-corrected chi connectivity index (χ3v) is 7.42. The fourth-order valence-electron chi connectivity index (χ4n) is 5.18. The Morgan fingerprint density at radius 1 is 1.05 bits per heavy atom. The van der Waals surface area contributed by atoms with Gasteiger partial charge in [-0.1, -0.05) is 34.6 Å². The van der Waals surface area contributed by atoms with E-state index < -0.39 is 23.5 Å². The van der Waals surface area contributed by atoms with E-state index >= 15 is 0 Å². The van der Waals surface area contributed by atoms with Gasteiger partial charge in [0.1, 0.15) is 11.6 Å². The van der Waals surface area contributed by atoms with E-state index in [2.05, 4.69) is 15.3 Å². The van der Waals surface area contributed by atoms with Crippen molar-refractivity contribution < 1.29 is 28.5 Å². The topological polar surface area (TPSA) is 161 Å². The summed E-state index contributed by atoms with van der Waals surface area (Å²) in [5, 5.41) is 19.9. The molecule has 1 aliphatic heterocycles. The number of ether oxygens (including phenoxy) is 1. The van der Waals surface area contributed by atoms with E-state index in [0.717, 1.165) is 5.56 Å². The minimum absolute atomic E-state index is 0.0679. The zero-order valence-corrected chi connectivity index (χ0v) is 23.1. The maximum atomic E-state index is 14.1. The number of nitrogens with two attached hydrogens (primary N) is 1. The number of aliphatic hydroxyl groups is 1. The molecule has 0 aliphatic carbocycles. The fourth-order valence-corrected chi connectivity index (χ4v) is 5.18. The fraction of sp³-hybridized carbons (Fsp3) is 0.233.